The molecule has 1 fully saturated rings. The molecule has 4 rings (SSSR count). The zero-order valence-electron chi connectivity index (χ0n) is 14.7. The number of ether oxygens (including phenoxy) is 1. The summed E-state index contributed by atoms with van der Waals surface area (Å²) in [5, 5.41) is 1.10. The molecule has 1 aromatic heterocycles. The number of hydrogen-bond donors (Lipinski definition) is 0. The standard InChI is InChI=1S/C20H24N2O2S/c1-13-11-22(12-14(2)24-13)20(23)16-8-4-3-7-15(16)19-21-17-9-5-6-10-18(17)25-19/h3-6,9-10,13-16H,7-8,11-12H2,1-2H3/t13-,14-,15+,16-/m1/s1. The number of allylic oxidation sites excluding steroid dienone is 2. The van der Waals surface area contributed by atoms with Crippen LogP contribution in [0.3, 0.4) is 0 Å². The summed E-state index contributed by atoms with van der Waals surface area (Å²) in [7, 11) is 0. The molecule has 0 saturated carbocycles. The molecule has 2 aliphatic rings. The molecule has 4 atom stereocenters. The molecule has 5 heteroatoms. The van der Waals surface area contributed by atoms with Crippen LogP contribution in [-0.4, -0.2) is 41.1 Å². The van der Waals surface area contributed by atoms with Gasteiger partial charge in [0, 0.05) is 19.0 Å². The van der Waals surface area contributed by atoms with Crippen molar-refractivity contribution in [3.05, 3.63) is 41.4 Å². The zero-order chi connectivity index (χ0) is 17.4. The molecule has 1 saturated heterocycles. The normalized spacial score (nSPS) is 29.9. The first-order valence-corrected chi connectivity index (χ1v) is 9.88. The van der Waals surface area contributed by atoms with Crippen molar-refractivity contribution in [2.75, 3.05) is 13.1 Å². The first-order valence-electron chi connectivity index (χ1n) is 9.06. The monoisotopic (exact) mass is 356 g/mol. The first kappa shape index (κ1) is 16.7. The van der Waals surface area contributed by atoms with Crippen molar-refractivity contribution in [3.8, 4) is 0 Å². The Morgan fingerprint density at radius 2 is 1.88 bits per heavy atom. The van der Waals surface area contributed by atoms with E-state index in [1.54, 1.807) is 11.3 Å². The SMILES string of the molecule is C[C@@H]1CN(C(=O)[C@@H]2CC=CC[C@@H]2c2nc3ccccc3s2)C[C@@H](C)O1. The van der Waals surface area contributed by atoms with Crippen LogP contribution >= 0.6 is 11.3 Å². The van der Waals surface area contributed by atoms with Crippen LogP contribution in [0.1, 0.15) is 37.6 Å². The molecule has 0 spiro atoms. The van der Waals surface area contributed by atoms with Crippen molar-refractivity contribution in [2.24, 2.45) is 5.92 Å². The van der Waals surface area contributed by atoms with Gasteiger partial charge in [0.15, 0.2) is 0 Å². The van der Waals surface area contributed by atoms with Gasteiger partial charge in [-0.25, -0.2) is 4.98 Å². The molecule has 0 bridgehead atoms. The highest BCUT2D eigenvalue weighted by Crippen LogP contribution is 2.39. The third-order valence-corrected chi connectivity index (χ3v) is 6.28. The summed E-state index contributed by atoms with van der Waals surface area (Å²) in [4.78, 5) is 20.1. The summed E-state index contributed by atoms with van der Waals surface area (Å²) in [5.74, 6) is 0.432. The number of morpholine rings is 1. The number of rotatable bonds is 2. The summed E-state index contributed by atoms with van der Waals surface area (Å²) in [6.07, 6.45) is 6.26. The Kier molecular flexibility index (Phi) is 4.61. The summed E-state index contributed by atoms with van der Waals surface area (Å²) in [6, 6.07) is 8.23. The lowest BCUT2D eigenvalue weighted by Gasteiger charge is -2.38. The Hall–Kier alpha value is -1.72. The first-order chi connectivity index (χ1) is 12.1. The highest BCUT2D eigenvalue weighted by molar-refractivity contribution is 7.18. The van der Waals surface area contributed by atoms with E-state index >= 15 is 0 Å². The second-order valence-corrected chi connectivity index (χ2v) is 8.24. The quantitative estimate of drug-likeness (QED) is 0.764. The van der Waals surface area contributed by atoms with E-state index in [0.29, 0.717) is 13.1 Å². The number of para-hydroxylation sites is 1. The maximum absolute atomic E-state index is 13.3. The van der Waals surface area contributed by atoms with Crippen molar-refractivity contribution in [2.45, 2.75) is 44.8 Å². The van der Waals surface area contributed by atoms with E-state index in [4.69, 9.17) is 9.72 Å². The van der Waals surface area contributed by atoms with E-state index in [9.17, 15) is 4.79 Å². The molecule has 0 radical (unpaired) electrons. The van der Waals surface area contributed by atoms with Crippen LogP contribution in [0.2, 0.25) is 0 Å². The number of carbonyl (C=O) groups excluding carboxylic acids is 1. The number of carbonyl (C=O) groups is 1. The molecule has 1 aliphatic heterocycles. The largest absolute Gasteiger partial charge is 0.372 e. The predicted molar refractivity (Wildman–Crippen MR) is 101 cm³/mol. The molecule has 2 heterocycles. The minimum Gasteiger partial charge on any atom is -0.372 e. The lowest BCUT2D eigenvalue weighted by molar-refractivity contribution is -0.148. The smallest absolute Gasteiger partial charge is 0.226 e. The maximum Gasteiger partial charge on any atom is 0.226 e. The molecule has 25 heavy (non-hydrogen) atoms. The summed E-state index contributed by atoms with van der Waals surface area (Å²) >= 11 is 1.73. The van der Waals surface area contributed by atoms with Gasteiger partial charge in [0.2, 0.25) is 5.91 Å². The van der Waals surface area contributed by atoms with E-state index in [-0.39, 0.29) is 30.0 Å². The van der Waals surface area contributed by atoms with Gasteiger partial charge < -0.3 is 9.64 Å². The van der Waals surface area contributed by atoms with E-state index in [1.165, 1.54) is 4.70 Å². The van der Waals surface area contributed by atoms with Gasteiger partial charge in [-0.15, -0.1) is 11.3 Å². The van der Waals surface area contributed by atoms with Crippen LogP contribution in [0, 0.1) is 5.92 Å². The molecule has 1 aromatic carbocycles. The molecule has 2 aromatic rings. The van der Waals surface area contributed by atoms with Gasteiger partial charge in [-0.1, -0.05) is 24.3 Å². The fourth-order valence-electron chi connectivity index (χ4n) is 4.00. The van der Waals surface area contributed by atoms with Crippen molar-refractivity contribution in [3.63, 3.8) is 0 Å². The van der Waals surface area contributed by atoms with Gasteiger partial charge in [0.1, 0.15) is 0 Å². The van der Waals surface area contributed by atoms with Crippen molar-refractivity contribution < 1.29 is 9.53 Å². The Bertz CT molecular complexity index is 757. The Labute approximate surface area is 152 Å². The average molecular weight is 356 g/mol. The minimum absolute atomic E-state index is 0.0111. The molecular formula is C20H24N2O2S. The number of benzene rings is 1. The molecular weight excluding hydrogens is 332 g/mol. The molecule has 1 amide bonds. The highest BCUT2D eigenvalue weighted by atomic mass is 32.1. The van der Waals surface area contributed by atoms with Crippen LogP contribution in [0.25, 0.3) is 10.2 Å². The van der Waals surface area contributed by atoms with Gasteiger partial charge in [0.05, 0.1) is 33.4 Å². The molecule has 0 unspecified atom stereocenters. The second kappa shape index (κ2) is 6.89. The Morgan fingerprint density at radius 3 is 2.64 bits per heavy atom. The second-order valence-electron chi connectivity index (χ2n) is 7.18. The summed E-state index contributed by atoms with van der Waals surface area (Å²) in [6.45, 7) is 5.47. The van der Waals surface area contributed by atoms with E-state index in [1.807, 2.05) is 30.9 Å². The molecule has 1 aliphatic carbocycles. The van der Waals surface area contributed by atoms with E-state index in [2.05, 4.69) is 24.3 Å². The van der Waals surface area contributed by atoms with Gasteiger partial charge in [0.25, 0.3) is 0 Å². The Morgan fingerprint density at radius 1 is 1.16 bits per heavy atom. The topological polar surface area (TPSA) is 42.4 Å². The van der Waals surface area contributed by atoms with Crippen molar-refractivity contribution in [1.29, 1.82) is 0 Å². The lowest BCUT2D eigenvalue weighted by atomic mass is 9.82. The van der Waals surface area contributed by atoms with Crippen molar-refractivity contribution in [1.82, 2.24) is 9.88 Å². The van der Waals surface area contributed by atoms with Crippen LogP contribution in [-0.2, 0) is 9.53 Å². The number of thiazole rings is 1. The van der Waals surface area contributed by atoms with E-state index < -0.39 is 0 Å². The van der Waals surface area contributed by atoms with Gasteiger partial charge in [-0.3, -0.25) is 4.79 Å². The number of hydrogen-bond acceptors (Lipinski definition) is 4. The Balaban J connectivity index is 1.60. The van der Waals surface area contributed by atoms with Crippen LogP contribution in [0.15, 0.2) is 36.4 Å². The average Bonchev–Trinajstić information content (AvgIpc) is 3.04. The minimum atomic E-state index is -0.0111. The number of amides is 1. The summed E-state index contributed by atoms with van der Waals surface area (Å²) < 4.78 is 6.99. The third kappa shape index (κ3) is 3.35. The van der Waals surface area contributed by atoms with Gasteiger partial charge >= 0.3 is 0 Å². The van der Waals surface area contributed by atoms with Crippen LogP contribution in [0.5, 0.6) is 0 Å². The molecule has 4 nitrogen and oxygen atoms in total. The number of nitrogens with zero attached hydrogens (tertiary/aromatic N) is 2. The maximum atomic E-state index is 13.3. The number of fused-ring (bicyclic) bond motifs is 1. The van der Waals surface area contributed by atoms with Gasteiger partial charge in [-0.2, -0.15) is 0 Å². The highest BCUT2D eigenvalue weighted by Gasteiger charge is 2.37. The van der Waals surface area contributed by atoms with Crippen LogP contribution in [0.4, 0.5) is 0 Å². The van der Waals surface area contributed by atoms with Gasteiger partial charge in [-0.05, 0) is 38.8 Å². The predicted octanol–water partition coefficient (Wildman–Crippen LogP) is 3.98. The fraction of sp³-hybridized carbons (Fsp3) is 0.500. The summed E-state index contributed by atoms with van der Waals surface area (Å²) in [5.41, 5.74) is 1.04. The van der Waals surface area contributed by atoms with Crippen LogP contribution < -0.4 is 0 Å². The molecule has 0 N–H and O–H groups in total. The van der Waals surface area contributed by atoms with Crippen molar-refractivity contribution >= 4 is 27.5 Å². The molecule has 132 valence electrons. The fourth-order valence-corrected chi connectivity index (χ4v) is 5.15. The van der Waals surface area contributed by atoms with E-state index in [0.717, 1.165) is 23.4 Å². The number of aromatic nitrogens is 1. The lowest BCUT2D eigenvalue weighted by Crippen LogP contribution is -2.50. The zero-order valence-corrected chi connectivity index (χ0v) is 15.5. The third-order valence-electron chi connectivity index (χ3n) is 5.11.